The van der Waals surface area contributed by atoms with Gasteiger partial charge in [-0.05, 0) is 58.2 Å². The Hall–Kier alpha value is -3.84. The molecule has 1 amide bonds. The summed E-state index contributed by atoms with van der Waals surface area (Å²) >= 11 is 12.0. The normalized spacial score (nSPS) is 16.3. The molecule has 2 heterocycles. The van der Waals surface area contributed by atoms with Gasteiger partial charge in [-0.3, -0.25) is 4.79 Å². The third kappa shape index (κ3) is 6.16. The van der Waals surface area contributed by atoms with Gasteiger partial charge in [-0.25, -0.2) is 17.9 Å². The fourth-order valence-electron chi connectivity index (χ4n) is 5.01. The summed E-state index contributed by atoms with van der Waals surface area (Å²) in [7, 11) is -2.35. The number of nitrogens with zero attached hydrogens (tertiary/aromatic N) is 5. The first-order valence-corrected chi connectivity index (χ1v) is 15.2. The third-order valence-corrected chi connectivity index (χ3v) is 9.38. The van der Waals surface area contributed by atoms with Crippen molar-refractivity contribution in [3.63, 3.8) is 0 Å². The molecule has 1 aliphatic rings. The van der Waals surface area contributed by atoms with Crippen LogP contribution < -0.4 is 5.32 Å². The van der Waals surface area contributed by atoms with E-state index in [1.807, 2.05) is 36.4 Å². The molecule has 0 unspecified atom stereocenters. The molecule has 42 heavy (non-hydrogen) atoms. The van der Waals surface area contributed by atoms with Crippen molar-refractivity contribution in [3.8, 4) is 22.5 Å². The van der Waals surface area contributed by atoms with Crippen LogP contribution in [0.25, 0.3) is 22.5 Å². The van der Waals surface area contributed by atoms with Gasteiger partial charge in [0.25, 0.3) is 0 Å². The standard InChI is InChI=1S/C28H26Cl2N6O5S/c1-35-26(32-33-34-35)23-6-3-2-5-22(23)18-10-8-17(9-11-18)13-24(28(38)39)31-27(37)25-7-4-12-36(25)42(40,41)21-15-19(29)14-20(30)16-21/h2-3,5-6,8-11,14-16,24-25H,4,7,12-13H2,1H3,(H,31,37)(H,38,39)/t24-,25-/m0/s1. The van der Waals surface area contributed by atoms with Gasteiger partial charge in [0.05, 0.1) is 4.90 Å². The van der Waals surface area contributed by atoms with Crippen molar-refractivity contribution in [1.29, 1.82) is 0 Å². The summed E-state index contributed by atoms with van der Waals surface area (Å²) in [5.74, 6) is -1.31. The van der Waals surface area contributed by atoms with Crippen molar-refractivity contribution in [2.75, 3.05) is 6.54 Å². The number of halogens is 2. The highest BCUT2D eigenvalue weighted by Gasteiger charge is 2.40. The van der Waals surface area contributed by atoms with Gasteiger partial charge < -0.3 is 10.4 Å². The summed E-state index contributed by atoms with van der Waals surface area (Å²) in [6.07, 6.45) is 0.692. The fraction of sp³-hybridized carbons (Fsp3) is 0.250. The molecule has 5 rings (SSSR count). The second-order valence-electron chi connectivity index (χ2n) is 9.85. The minimum Gasteiger partial charge on any atom is -0.480 e. The number of hydrogen-bond donors (Lipinski definition) is 2. The molecule has 14 heteroatoms. The molecule has 218 valence electrons. The van der Waals surface area contributed by atoms with Gasteiger partial charge in [-0.1, -0.05) is 71.7 Å². The van der Waals surface area contributed by atoms with E-state index in [1.54, 1.807) is 23.9 Å². The predicted octanol–water partition coefficient (Wildman–Crippen LogP) is 3.82. The maximum Gasteiger partial charge on any atom is 0.326 e. The number of rotatable bonds is 9. The van der Waals surface area contributed by atoms with Gasteiger partial charge in [0.2, 0.25) is 15.9 Å². The summed E-state index contributed by atoms with van der Waals surface area (Å²) < 4.78 is 29.3. The Morgan fingerprint density at radius 3 is 2.33 bits per heavy atom. The summed E-state index contributed by atoms with van der Waals surface area (Å²) in [5, 5.41) is 24.4. The quantitative estimate of drug-likeness (QED) is 0.284. The van der Waals surface area contributed by atoms with Crippen LogP contribution in [0.15, 0.2) is 71.6 Å². The summed E-state index contributed by atoms with van der Waals surface area (Å²) in [6, 6.07) is 16.6. The topological polar surface area (TPSA) is 147 Å². The van der Waals surface area contributed by atoms with E-state index in [0.717, 1.165) is 21.0 Å². The summed E-state index contributed by atoms with van der Waals surface area (Å²) in [5.41, 5.74) is 3.29. The Bertz CT molecular complexity index is 1730. The first-order chi connectivity index (χ1) is 20.0. The van der Waals surface area contributed by atoms with E-state index in [9.17, 15) is 23.1 Å². The third-order valence-electron chi connectivity index (χ3n) is 7.06. The van der Waals surface area contributed by atoms with Gasteiger partial charge in [0, 0.05) is 35.6 Å². The lowest BCUT2D eigenvalue weighted by molar-refractivity contribution is -0.142. The average molecular weight is 630 g/mol. The minimum atomic E-state index is -4.10. The summed E-state index contributed by atoms with van der Waals surface area (Å²) in [6.45, 7) is 0.107. The van der Waals surface area contributed by atoms with Crippen molar-refractivity contribution >= 4 is 45.1 Å². The van der Waals surface area contributed by atoms with Crippen LogP contribution in [0.4, 0.5) is 0 Å². The van der Waals surface area contributed by atoms with Crippen molar-refractivity contribution in [2.45, 2.75) is 36.2 Å². The first kappa shape index (κ1) is 29.6. The zero-order valence-corrected chi connectivity index (χ0v) is 24.6. The average Bonchev–Trinajstić information content (AvgIpc) is 3.62. The Labute approximate surface area is 252 Å². The Morgan fingerprint density at radius 2 is 1.71 bits per heavy atom. The molecule has 1 aromatic heterocycles. The SMILES string of the molecule is Cn1nnnc1-c1ccccc1-c1ccc(C[C@H](NC(=O)[C@@H]2CCCN2S(=O)(=O)c2cc(Cl)cc(Cl)c2)C(=O)O)cc1. The second-order valence-corrected chi connectivity index (χ2v) is 12.6. The molecule has 1 saturated heterocycles. The highest BCUT2D eigenvalue weighted by Crippen LogP contribution is 2.32. The lowest BCUT2D eigenvalue weighted by Gasteiger charge is -2.25. The zero-order chi connectivity index (χ0) is 30.0. The first-order valence-electron chi connectivity index (χ1n) is 13.0. The number of carbonyl (C=O) groups is 2. The van der Waals surface area contributed by atoms with E-state index in [-0.39, 0.29) is 34.3 Å². The number of sulfonamides is 1. The molecule has 0 bridgehead atoms. The highest BCUT2D eigenvalue weighted by molar-refractivity contribution is 7.89. The number of carboxylic acid groups (broad SMARTS) is 1. The van der Waals surface area contributed by atoms with Crippen molar-refractivity contribution in [3.05, 3.63) is 82.3 Å². The van der Waals surface area contributed by atoms with Crippen molar-refractivity contribution < 1.29 is 23.1 Å². The lowest BCUT2D eigenvalue weighted by atomic mass is 9.96. The number of amides is 1. The van der Waals surface area contributed by atoms with Crippen LogP contribution in [-0.2, 0) is 33.1 Å². The zero-order valence-electron chi connectivity index (χ0n) is 22.3. The van der Waals surface area contributed by atoms with Crippen LogP contribution in [0.1, 0.15) is 18.4 Å². The van der Waals surface area contributed by atoms with Crippen LogP contribution in [0.5, 0.6) is 0 Å². The second kappa shape index (κ2) is 12.2. The number of aliphatic carboxylic acids is 1. The Morgan fingerprint density at radius 1 is 1.05 bits per heavy atom. The smallest absolute Gasteiger partial charge is 0.326 e. The molecule has 0 radical (unpaired) electrons. The van der Waals surface area contributed by atoms with E-state index in [2.05, 4.69) is 20.8 Å². The van der Waals surface area contributed by atoms with E-state index in [4.69, 9.17) is 23.2 Å². The number of benzene rings is 3. The minimum absolute atomic E-state index is 0.000419. The number of carboxylic acids is 1. The number of hydrogen-bond acceptors (Lipinski definition) is 7. The predicted molar refractivity (Wildman–Crippen MR) is 156 cm³/mol. The summed E-state index contributed by atoms with van der Waals surface area (Å²) in [4.78, 5) is 25.2. The number of carbonyl (C=O) groups excluding carboxylic acids is 1. The maximum atomic E-state index is 13.3. The van der Waals surface area contributed by atoms with Gasteiger partial charge in [-0.15, -0.1) is 5.10 Å². The molecule has 2 atom stereocenters. The van der Waals surface area contributed by atoms with E-state index in [1.165, 1.54) is 18.2 Å². The number of tetrazole rings is 1. The van der Waals surface area contributed by atoms with E-state index >= 15 is 0 Å². The molecule has 1 fully saturated rings. The van der Waals surface area contributed by atoms with Crippen LogP contribution in [0, 0.1) is 0 Å². The Kier molecular flexibility index (Phi) is 8.60. The van der Waals surface area contributed by atoms with E-state index < -0.39 is 34.0 Å². The molecule has 4 aromatic rings. The van der Waals surface area contributed by atoms with E-state index in [0.29, 0.717) is 17.8 Å². The lowest BCUT2D eigenvalue weighted by Crippen LogP contribution is -2.51. The number of aryl methyl sites for hydroxylation is 1. The van der Waals surface area contributed by atoms with Gasteiger partial charge in [0.1, 0.15) is 12.1 Å². The molecule has 0 aliphatic carbocycles. The van der Waals surface area contributed by atoms with Crippen LogP contribution in [-0.4, -0.2) is 68.5 Å². The van der Waals surface area contributed by atoms with Crippen LogP contribution >= 0.6 is 23.2 Å². The number of nitrogens with one attached hydrogen (secondary N) is 1. The van der Waals surface area contributed by atoms with Gasteiger partial charge in [-0.2, -0.15) is 4.31 Å². The van der Waals surface area contributed by atoms with Crippen molar-refractivity contribution in [2.24, 2.45) is 7.05 Å². The monoisotopic (exact) mass is 628 g/mol. The molecule has 0 spiro atoms. The fourth-order valence-corrected chi connectivity index (χ4v) is 7.40. The largest absolute Gasteiger partial charge is 0.480 e. The molecular weight excluding hydrogens is 603 g/mol. The molecule has 1 aliphatic heterocycles. The van der Waals surface area contributed by atoms with Gasteiger partial charge >= 0.3 is 5.97 Å². The molecule has 3 aromatic carbocycles. The highest BCUT2D eigenvalue weighted by atomic mass is 35.5. The number of aromatic nitrogens is 4. The van der Waals surface area contributed by atoms with Crippen LogP contribution in [0.3, 0.4) is 0 Å². The van der Waals surface area contributed by atoms with Gasteiger partial charge in [0.15, 0.2) is 5.82 Å². The molecule has 0 saturated carbocycles. The maximum absolute atomic E-state index is 13.3. The molecule has 11 nitrogen and oxygen atoms in total. The molecular formula is C28H26Cl2N6O5S. The van der Waals surface area contributed by atoms with Crippen molar-refractivity contribution in [1.82, 2.24) is 29.8 Å². The van der Waals surface area contributed by atoms with Crippen LogP contribution in [0.2, 0.25) is 10.0 Å². The molecule has 2 N–H and O–H groups in total. The Balaban J connectivity index is 1.31.